The van der Waals surface area contributed by atoms with Crippen molar-refractivity contribution in [1.29, 1.82) is 0 Å². The van der Waals surface area contributed by atoms with Gasteiger partial charge in [-0.25, -0.2) is 0 Å². The van der Waals surface area contributed by atoms with Crippen LogP contribution in [0.3, 0.4) is 0 Å². The van der Waals surface area contributed by atoms with Gasteiger partial charge in [-0.2, -0.15) is 8.78 Å². The van der Waals surface area contributed by atoms with Crippen molar-refractivity contribution in [3.8, 4) is 5.75 Å². The Morgan fingerprint density at radius 1 is 1.21 bits per heavy atom. The summed E-state index contributed by atoms with van der Waals surface area (Å²) in [5, 5.41) is 0. The molecule has 0 aliphatic heterocycles. The van der Waals surface area contributed by atoms with Gasteiger partial charge >= 0.3 is 6.61 Å². The number of rotatable bonds is 8. The molecule has 0 heterocycles. The van der Waals surface area contributed by atoms with Crippen molar-refractivity contribution < 1.29 is 23.1 Å². The lowest BCUT2D eigenvalue weighted by Crippen LogP contribution is -2.40. The number of hydrogen-bond donors (Lipinski definition) is 0. The van der Waals surface area contributed by atoms with Crippen LogP contribution in [0.5, 0.6) is 5.75 Å². The zero-order valence-electron chi connectivity index (χ0n) is 14.0. The first kappa shape index (κ1) is 19.6. The van der Waals surface area contributed by atoms with Gasteiger partial charge in [-0.15, -0.1) is 0 Å². The maximum Gasteiger partial charge on any atom is 0.387 e. The molecular formula is C17H22F2N2O3. The summed E-state index contributed by atoms with van der Waals surface area (Å²) < 4.78 is 29.1. The molecule has 0 saturated heterocycles. The van der Waals surface area contributed by atoms with E-state index in [9.17, 15) is 18.4 Å². The zero-order valence-corrected chi connectivity index (χ0v) is 14.0. The third-order valence-corrected chi connectivity index (χ3v) is 3.41. The van der Waals surface area contributed by atoms with Crippen molar-refractivity contribution in [3.05, 3.63) is 35.9 Å². The molecule has 5 nitrogen and oxygen atoms in total. The van der Waals surface area contributed by atoms with Crippen molar-refractivity contribution in [1.82, 2.24) is 9.80 Å². The van der Waals surface area contributed by atoms with Gasteiger partial charge in [0, 0.05) is 31.8 Å². The van der Waals surface area contributed by atoms with Gasteiger partial charge in [-0.3, -0.25) is 9.59 Å². The lowest BCUT2D eigenvalue weighted by Gasteiger charge is -2.22. The minimum absolute atomic E-state index is 0.0154. The van der Waals surface area contributed by atoms with E-state index in [0.29, 0.717) is 18.7 Å². The molecule has 0 spiro atoms. The molecule has 0 radical (unpaired) electrons. The molecule has 2 amide bonds. The normalized spacial score (nSPS) is 10.9. The van der Waals surface area contributed by atoms with Crippen LogP contribution < -0.4 is 4.74 Å². The fraction of sp³-hybridized carbons (Fsp3) is 0.412. The largest absolute Gasteiger partial charge is 0.434 e. The van der Waals surface area contributed by atoms with Crippen LogP contribution in [0.2, 0.25) is 0 Å². The molecule has 1 rings (SSSR count). The summed E-state index contributed by atoms with van der Waals surface area (Å²) >= 11 is 0. The highest BCUT2D eigenvalue weighted by Crippen LogP contribution is 2.21. The highest BCUT2D eigenvalue weighted by atomic mass is 19.3. The van der Waals surface area contributed by atoms with Gasteiger partial charge in [0.2, 0.25) is 11.8 Å². The smallest absolute Gasteiger partial charge is 0.387 e. The molecule has 7 heteroatoms. The van der Waals surface area contributed by atoms with Crippen LogP contribution in [0.1, 0.15) is 19.4 Å². The van der Waals surface area contributed by atoms with Gasteiger partial charge in [-0.05, 0) is 26.0 Å². The maximum atomic E-state index is 12.4. The number of hydrogen-bond acceptors (Lipinski definition) is 3. The predicted octanol–water partition coefficient (Wildman–Crippen LogP) is 2.63. The van der Waals surface area contributed by atoms with Gasteiger partial charge in [0.1, 0.15) is 5.75 Å². The molecule has 1 aromatic rings. The average molecular weight is 340 g/mol. The summed E-state index contributed by atoms with van der Waals surface area (Å²) in [7, 11) is 1.51. The van der Waals surface area contributed by atoms with Gasteiger partial charge in [0.15, 0.2) is 0 Å². The minimum atomic E-state index is -2.94. The summed E-state index contributed by atoms with van der Waals surface area (Å²) in [6.45, 7) is 1.90. The van der Waals surface area contributed by atoms with Crippen molar-refractivity contribution in [2.75, 3.05) is 26.7 Å². The molecule has 0 aliphatic rings. The van der Waals surface area contributed by atoms with Gasteiger partial charge in [0.05, 0.1) is 6.54 Å². The number of likely N-dealkylation sites (N-methyl/N-ethyl adjacent to an activating group) is 2. The Morgan fingerprint density at radius 3 is 2.42 bits per heavy atom. The number of carbonyl (C=O) groups excluding carboxylic acids is 2. The van der Waals surface area contributed by atoms with Crippen LogP contribution in [0.15, 0.2) is 30.3 Å². The zero-order chi connectivity index (χ0) is 18.1. The molecule has 0 N–H and O–H groups in total. The molecule has 132 valence electrons. The first-order valence-electron chi connectivity index (χ1n) is 7.63. The van der Waals surface area contributed by atoms with Crippen LogP contribution >= 0.6 is 0 Å². The van der Waals surface area contributed by atoms with E-state index < -0.39 is 12.5 Å². The number of para-hydroxylation sites is 1. The summed E-state index contributed by atoms with van der Waals surface area (Å²) in [6, 6.07) is 6.16. The van der Waals surface area contributed by atoms with Crippen molar-refractivity contribution in [2.24, 2.45) is 0 Å². The number of halogens is 2. The van der Waals surface area contributed by atoms with E-state index in [1.807, 2.05) is 13.8 Å². The van der Waals surface area contributed by atoms with Gasteiger partial charge < -0.3 is 14.5 Å². The lowest BCUT2D eigenvalue weighted by molar-refractivity contribution is -0.136. The summed E-state index contributed by atoms with van der Waals surface area (Å²) in [4.78, 5) is 26.9. The highest BCUT2D eigenvalue weighted by molar-refractivity contribution is 5.94. The van der Waals surface area contributed by atoms with E-state index >= 15 is 0 Å². The monoisotopic (exact) mass is 340 g/mol. The topological polar surface area (TPSA) is 49.9 Å². The standard InChI is InChI=1S/C17H22F2N2O3/c1-4-21(5-2)16(23)12-20(3)15(22)11-10-13-8-6-7-9-14(13)24-17(18)19/h6-11,17H,4-5,12H2,1-3H3/b11-10+. The van der Waals surface area contributed by atoms with E-state index in [4.69, 9.17) is 0 Å². The fourth-order valence-corrected chi connectivity index (χ4v) is 2.07. The highest BCUT2D eigenvalue weighted by Gasteiger charge is 2.15. The molecule has 0 fully saturated rings. The van der Waals surface area contributed by atoms with E-state index in [1.165, 1.54) is 30.2 Å². The van der Waals surface area contributed by atoms with Crippen LogP contribution in [0.25, 0.3) is 6.08 Å². The summed E-state index contributed by atoms with van der Waals surface area (Å²) in [5.74, 6) is -0.563. The Morgan fingerprint density at radius 2 is 1.83 bits per heavy atom. The van der Waals surface area contributed by atoms with Crippen LogP contribution in [-0.4, -0.2) is 54.9 Å². The third kappa shape index (κ3) is 5.98. The molecule has 0 saturated carbocycles. The quantitative estimate of drug-likeness (QED) is 0.684. The van der Waals surface area contributed by atoms with Crippen LogP contribution in [0, 0.1) is 0 Å². The Balaban J connectivity index is 2.73. The Hall–Kier alpha value is -2.44. The Labute approximate surface area is 140 Å². The van der Waals surface area contributed by atoms with Crippen LogP contribution in [0.4, 0.5) is 8.78 Å². The second-order valence-corrected chi connectivity index (χ2v) is 5.01. The Bertz CT molecular complexity index is 587. The number of benzene rings is 1. The summed E-state index contributed by atoms with van der Waals surface area (Å²) in [5.41, 5.74) is 0.356. The third-order valence-electron chi connectivity index (χ3n) is 3.41. The van der Waals surface area contributed by atoms with E-state index in [0.717, 1.165) is 0 Å². The van der Waals surface area contributed by atoms with Crippen molar-refractivity contribution in [2.45, 2.75) is 20.5 Å². The number of amides is 2. The van der Waals surface area contributed by atoms with Gasteiger partial charge in [-0.1, -0.05) is 18.2 Å². The lowest BCUT2D eigenvalue weighted by atomic mass is 10.2. The molecule has 0 aromatic heterocycles. The molecule has 0 unspecified atom stereocenters. The number of alkyl halides is 2. The first-order valence-corrected chi connectivity index (χ1v) is 7.63. The number of ether oxygens (including phenoxy) is 1. The number of carbonyl (C=O) groups is 2. The minimum Gasteiger partial charge on any atom is -0.434 e. The second-order valence-electron chi connectivity index (χ2n) is 5.01. The SMILES string of the molecule is CCN(CC)C(=O)CN(C)C(=O)/C=C/c1ccccc1OC(F)F. The van der Waals surface area contributed by atoms with E-state index in [-0.39, 0.29) is 18.2 Å². The first-order chi connectivity index (χ1) is 11.4. The second kappa shape index (κ2) is 9.64. The van der Waals surface area contributed by atoms with Crippen molar-refractivity contribution in [3.63, 3.8) is 0 Å². The molecule has 0 bridgehead atoms. The molecule has 1 aromatic carbocycles. The predicted molar refractivity (Wildman–Crippen MR) is 87.7 cm³/mol. The van der Waals surface area contributed by atoms with E-state index in [2.05, 4.69) is 4.74 Å². The van der Waals surface area contributed by atoms with Gasteiger partial charge in [0.25, 0.3) is 0 Å². The van der Waals surface area contributed by atoms with Crippen LogP contribution in [-0.2, 0) is 9.59 Å². The summed E-state index contributed by atoms with van der Waals surface area (Å²) in [6.07, 6.45) is 2.61. The molecule has 24 heavy (non-hydrogen) atoms. The Kier molecular flexibility index (Phi) is 7.88. The number of nitrogens with zero attached hydrogens (tertiary/aromatic N) is 2. The fourth-order valence-electron chi connectivity index (χ4n) is 2.07. The van der Waals surface area contributed by atoms with Crippen molar-refractivity contribution >= 4 is 17.9 Å². The molecule has 0 aliphatic carbocycles. The maximum absolute atomic E-state index is 12.4. The molecular weight excluding hydrogens is 318 g/mol. The molecule has 0 atom stereocenters. The average Bonchev–Trinajstić information content (AvgIpc) is 2.54. The van der Waals surface area contributed by atoms with E-state index in [1.54, 1.807) is 23.1 Å².